The molecule has 0 aliphatic heterocycles. The summed E-state index contributed by atoms with van der Waals surface area (Å²) in [6.45, 7) is 2.12. The molecule has 35 heavy (non-hydrogen) atoms. The van der Waals surface area contributed by atoms with Crippen molar-refractivity contribution in [1.29, 1.82) is 0 Å². The summed E-state index contributed by atoms with van der Waals surface area (Å²) in [5, 5.41) is 3.72. The summed E-state index contributed by atoms with van der Waals surface area (Å²) in [6, 6.07) is 51.5. The van der Waals surface area contributed by atoms with Crippen LogP contribution < -0.4 is 15.9 Å². The lowest BCUT2D eigenvalue weighted by Gasteiger charge is -2.27. The molecule has 0 aliphatic carbocycles. The maximum absolute atomic E-state index is 5.78. The van der Waals surface area contributed by atoms with E-state index in [9.17, 15) is 0 Å². The highest BCUT2D eigenvalue weighted by Gasteiger charge is 2.27. The van der Waals surface area contributed by atoms with E-state index >= 15 is 0 Å². The van der Waals surface area contributed by atoms with Gasteiger partial charge >= 0.3 is 0 Å². The van der Waals surface area contributed by atoms with E-state index in [4.69, 9.17) is 4.74 Å². The third-order valence-corrected chi connectivity index (χ3v) is 9.75. The minimum atomic E-state index is -2.36. The molecule has 0 N–H and O–H groups in total. The fourth-order valence-corrected chi connectivity index (χ4v) is 7.86. The Bertz CT molecular complexity index is 1350. The SMILES string of the molecule is Cc1ccc(/C=C(/N=P(c2ccccc2)(c2ccccc2)c2ccccc2)c2ccccc2)cc1. The molecule has 0 bridgehead atoms. The fourth-order valence-electron chi connectivity index (χ4n) is 4.31. The quantitative estimate of drug-likeness (QED) is 0.179. The van der Waals surface area contributed by atoms with Crippen LogP contribution in [0.15, 0.2) is 150 Å². The summed E-state index contributed by atoms with van der Waals surface area (Å²) in [5.74, 6) is 0. The van der Waals surface area contributed by atoms with Crippen molar-refractivity contribution >= 4 is 34.7 Å². The lowest BCUT2D eigenvalue weighted by Crippen LogP contribution is -2.25. The minimum Gasteiger partial charge on any atom is -0.253 e. The van der Waals surface area contributed by atoms with Gasteiger partial charge in [0.2, 0.25) is 0 Å². The average molecular weight is 470 g/mol. The second-order valence-corrected chi connectivity index (χ2v) is 11.6. The molecule has 0 aliphatic rings. The summed E-state index contributed by atoms with van der Waals surface area (Å²) >= 11 is 0. The molecule has 5 aromatic rings. The van der Waals surface area contributed by atoms with Crippen LogP contribution >= 0.6 is 7.05 Å². The molecule has 5 aromatic carbocycles. The molecular weight excluding hydrogens is 441 g/mol. The van der Waals surface area contributed by atoms with Gasteiger partial charge in [0.05, 0.1) is 12.8 Å². The van der Waals surface area contributed by atoms with Crippen LogP contribution in [0.2, 0.25) is 0 Å². The first-order valence-corrected chi connectivity index (χ1v) is 13.6. The molecule has 1 nitrogen and oxygen atoms in total. The van der Waals surface area contributed by atoms with E-state index in [1.165, 1.54) is 21.5 Å². The van der Waals surface area contributed by atoms with E-state index in [2.05, 4.69) is 159 Å². The highest BCUT2D eigenvalue weighted by molar-refractivity contribution is 7.87. The molecule has 0 heterocycles. The summed E-state index contributed by atoms with van der Waals surface area (Å²) < 4.78 is 5.78. The van der Waals surface area contributed by atoms with Gasteiger partial charge in [-0.2, -0.15) is 0 Å². The molecule has 0 unspecified atom stereocenters. The van der Waals surface area contributed by atoms with Crippen LogP contribution in [0.25, 0.3) is 11.8 Å². The monoisotopic (exact) mass is 469 g/mol. The van der Waals surface area contributed by atoms with Gasteiger partial charge in [-0.1, -0.05) is 151 Å². The lowest BCUT2D eigenvalue weighted by atomic mass is 10.1. The standard InChI is InChI=1S/C33H28NP/c1-27-22-24-28(25-23-27)26-33(29-14-6-2-7-15-29)34-35(30-16-8-3-9-17-30,31-18-10-4-11-19-31)32-20-12-5-13-21-32/h2-26H,1H3/b33-26+. The molecule has 0 aromatic heterocycles. The molecule has 0 amide bonds. The van der Waals surface area contributed by atoms with Crippen molar-refractivity contribution in [3.8, 4) is 0 Å². The Balaban J connectivity index is 1.89. The first-order chi connectivity index (χ1) is 17.3. The van der Waals surface area contributed by atoms with Crippen LogP contribution in [0.1, 0.15) is 16.7 Å². The summed E-state index contributed by atoms with van der Waals surface area (Å²) in [7, 11) is -2.36. The van der Waals surface area contributed by atoms with E-state index in [0.29, 0.717) is 0 Å². The maximum atomic E-state index is 5.78. The van der Waals surface area contributed by atoms with Gasteiger partial charge in [-0.05, 0) is 18.6 Å². The molecular formula is C33H28NP. The van der Waals surface area contributed by atoms with E-state index in [1.54, 1.807) is 0 Å². The lowest BCUT2D eigenvalue weighted by molar-refractivity contribution is 1.46. The number of rotatable bonds is 6. The number of nitrogens with zero attached hydrogens (tertiary/aromatic N) is 1. The molecule has 5 rings (SSSR count). The predicted molar refractivity (Wildman–Crippen MR) is 153 cm³/mol. The number of hydrogen-bond donors (Lipinski definition) is 0. The van der Waals surface area contributed by atoms with E-state index in [1.807, 2.05) is 0 Å². The smallest absolute Gasteiger partial charge is 0.0703 e. The Labute approximate surface area is 208 Å². The van der Waals surface area contributed by atoms with Crippen molar-refractivity contribution in [2.24, 2.45) is 4.74 Å². The minimum absolute atomic E-state index is 0.986. The molecule has 2 heteroatoms. The Kier molecular flexibility index (Phi) is 6.89. The van der Waals surface area contributed by atoms with Gasteiger partial charge in [0.25, 0.3) is 0 Å². The van der Waals surface area contributed by atoms with Gasteiger partial charge in [-0.25, -0.2) is 0 Å². The molecule has 0 saturated carbocycles. The van der Waals surface area contributed by atoms with Crippen LogP contribution in [0, 0.1) is 6.92 Å². The van der Waals surface area contributed by atoms with E-state index in [0.717, 1.165) is 16.8 Å². The molecule has 0 atom stereocenters. The van der Waals surface area contributed by atoms with Crippen molar-refractivity contribution in [3.05, 3.63) is 162 Å². The Morgan fingerprint density at radius 2 is 0.914 bits per heavy atom. The fraction of sp³-hybridized carbons (Fsp3) is 0.0303. The van der Waals surface area contributed by atoms with Crippen molar-refractivity contribution in [2.75, 3.05) is 0 Å². The van der Waals surface area contributed by atoms with Crippen LogP contribution in [0.5, 0.6) is 0 Å². The van der Waals surface area contributed by atoms with Gasteiger partial charge in [0, 0.05) is 21.5 Å². The average Bonchev–Trinajstić information content (AvgIpc) is 2.94. The van der Waals surface area contributed by atoms with Gasteiger partial charge in [-0.3, -0.25) is 4.74 Å². The molecule has 0 radical (unpaired) electrons. The molecule has 170 valence electrons. The Morgan fingerprint density at radius 3 is 1.34 bits per heavy atom. The normalized spacial score (nSPS) is 11.7. The molecule has 0 saturated heterocycles. The van der Waals surface area contributed by atoms with Gasteiger partial charge in [-0.15, -0.1) is 0 Å². The predicted octanol–water partition coefficient (Wildman–Crippen LogP) is 7.67. The summed E-state index contributed by atoms with van der Waals surface area (Å²) in [6.07, 6.45) is 2.22. The summed E-state index contributed by atoms with van der Waals surface area (Å²) in [4.78, 5) is 0. The first-order valence-electron chi connectivity index (χ1n) is 11.9. The van der Waals surface area contributed by atoms with Gasteiger partial charge < -0.3 is 0 Å². The van der Waals surface area contributed by atoms with Crippen molar-refractivity contribution in [2.45, 2.75) is 6.92 Å². The van der Waals surface area contributed by atoms with Crippen LogP contribution in [0.3, 0.4) is 0 Å². The Hall–Kier alpha value is -3.93. The van der Waals surface area contributed by atoms with Crippen molar-refractivity contribution in [1.82, 2.24) is 0 Å². The third kappa shape index (κ3) is 4.97. The van der Waals surface area contributed by atoms with Gasteiger partial charge in [0.15, 0.2) is 0 Å². The first kappa shape index (κ1) is 22.8. The largest absolute Gasteiger partial charge is 0.253 e. The van der Waals surface area contributed by atoms with Crippen molar-refractivity contribution < 1.29 is 0 Å². The zero-order valence-electron chi connectivity index (χ0n) is 19.8. The number of benzene rings is 5. The van der Waals surface area contributed by atoms with Gasteiger partial charge in [0.1, 0.15) is 0 Å². The van der Waals surface area contributed by atoms with Crippen LogP contribution in [-0.2, 0) is 0 Å². The van der Waals surface area contributed by atoms with Crippen molar-refractivity contribution in [3.63, 3.8) is 0 Å². The van der Waals surface area contributed by atoms with E-state index in [-0.39, 0.29) is 0 Å². The highest BCUT2D eigenvalue weighted by atomic mass is 31.2. The molecule has 0 fully saturated rings. The second-order valence-electron chi connectivity index (χ2n) is 8.55. The van der Waals surface area contributed by atoms with Crippen LogP contribution in [-0.4, -0.2) is 0 Å². The number of aryl methyl sites for hydroxylation is 1. The number of hydrogen-bond acceptors (Lipinski definition) is 1. The van der Waals surface area contributed by atoms with E-state index < -0.39 is 7.05 Å². The third-order valence-electron chi connectivity index (χ3n) is 6.10. The molecule has 0 spiro atoms. The maximum Gasteiger partial charge on any atom is 0.0703 e. The second kappa shape index (κ2) is 10.6. The Morgan fingerprint density at radius 1 is 0.514 bits per heavy atom. The topological polar surface area (TPSA) is 12.4 Å². The zero-order chi connectivity index (χ0) is 23.9. The zero-order valence-corrected chi connectivity index (χ0v) is 20.7. The van der Waals surface area contributed by atoms with Crippen LogP contribution in [0.4, 0.5) is 0 Å². The highest BCUT2D eigenvalue weighted by Crippen LogP contribution is 2.49. The summed E-state index contributed by atoms with van der Waals surface area (Å²) in [5.41, 5.74) is 4.49.